The quantitative estimate of drug-likeness (QED) is 0.497. The first-order chi connectivity index (χ1) is 9.57. The lowest BCUT2D eigenvalue weighted by molar-refractivity contribution is -0.675. The highest BCUT2D eigenvalue weighted by Crippen LogP contribution is 2.49. The van der Waals surface area contributed by atoms with E-state index in [-0.39, 0.29) is 10.8 Å². The van der Waals surface area contributed by atoms with E-state index >= 15 is 0 Å². The predicted molar refractivity (Wildman–Crippen MR) is 71.8 cm³/mol. The average molecular weight is 243 g/mol. The molecule has 2 aromatic rings. The van der Waals surface area contributed by atoms with Crippen molar-refractivity contribution in [1.29, 1.82) is 0 Å². The Hall–Kier alpha value is -1.57. The Morgan fingerprint density at radius 3 is 2.61 bits per heavy atom. The smallest absolute Gasteiger partial charge is 0.243 e. The molecule has 3 rings (SSSR count). The molecule has 0 radical (unpaired) electrons. The second-order valence-corrected chi connectivity index (χ2v) is 6.09. The molecule has 0 amide bonds. The van der Waals surface area contributed by atoms with Gasteiger partial charge in [0, 0.05) is 11.9 Å². The van der Waals surface area contributed by atoms with Crippen LogP contribution in [0.3, 0.4) is 0 Å². The maximum absolute atomic E-state index is 7.62. The van der Waals surface area contributed by atoms with Gasteiger partial charge in [-0.05, 0) is 16.4 Å². The molecule has 0 bridgehead atoms. The van der Waals surface area contributed by atoms with Crippen LogP contribution in [0.2, 0.25) is 0 Å². The first kappa shape index (κ1) is 8.52. The van der Waals surface area contributed by atoms with Crippen LogP contribution >= 0.6 is 0 Å². The molecule has 18 heavy (non-hydrogen) atoms. The SMILES string of the molecule is [2H]C([2H])([2H])[n+]1[c-]n2c(c1)C(C)(C)C(C)(C)c1ccccc1-2. The van der Waals surface area contributed by atoms with Gasteiger partial charge in [-0.3, -0.25) is 0 Å². The molecule has 0 spiro atoms. The van der Waals surface area contributed by atoms with Gasteiger partial charge in [-0.15, -0.1) is 0 Å². The fraction of sp³-hybridized carbons (Fsp3) is 0.438. The molecule has 1 aromatic carbocycles. The molecule has 0 unspecified atom stereocenters. The minimum atomic E-state index is -2.21. The molecule has 1 aliphatic rings. The number of aromatic nitrogens is 2. The lowest BCUT2D eigenvalue weighted by Gasteiger charge is -2.48. The summed E-state index contributed by atoms with van der Waals surface area (Å²) in [6, 6.07) is 8.15. The Bertz CT molecular complexity index is 709. The number of imidazole rings is 1. The highest BCUT2D eigenvalue weighted by molar-refractivity contribution is 5.52. The third kappa shape index (κ3) is 1.21. The number of benzene rings is 1. The Morgan fingerprint density at radius 2 is 1.89 bits per heavy atom. The molecule has 0 N–H and O–H groups in total. The fourth-order valence-electron chi connectivity index (χ4n) is 2.85. The van der Waals surface area contributed by atoms with Crippen LogP contribution in [0.1, 0.15) is 43.1 Å². The van der Waals surface area contributed by atoms with Gasteiger partial charge in [-0.1, -0.05) is 52.0 Å². The summed E-state index contributed by atoms with van der Waals surface area (Å²) in [7, 11) is 0. The summed E-state index contributed by atoms with van der Waals surface area (Å²) < 4.78 is 26.0. The van der Waals surface area contributed by atoms with Gasteiger partial charge in [-0.2, -0.15) is 0 Å². The molecule has 1 aromatic heterocycles. The third-order valence-electron chi connectivity index (χ3n) is 4.72. The minimum absolute atomic E-state index is 0.0989. The van der Waals surface area contributed by atoms with Gasteiger partial charge in [0.15, 0.2) is 0 Å². The third-order valence-corrected chi connectivity index (χ3v) is 4.72. The van der Waals surface area contributed by atoms with E-state index in [1.165, 1.54) is 10.1 Å². The maximum atomic E-state index is 7.62. The molecule has 1 aliphatic heterocycles. The monoisotopic (exact) mass is 243 g/mol. The van der Waals surface area contributed by atoms with Crippen molar-refractivity contribution in [3.05, 3.63) is 48.0 Å². The Morgan fingerprint density at radius 1 is 1.17 bits per heavy atom. The number of para-hydroxylation sites is 1. The highest BCUT2D eigenvalue weighted by atomic mass is 15.1. The maximum Gasteiger partial charge on any atom is 0.243 e. The minimum Gasteiger partial charge on any atom is -0.322 e. The summed E-state index contributed by atoms with van der Waals surface area (Å²) in [6.07, 6.45) is 4.71. The van der Waals surface area contributed by atoms with Gasteiger partial charge < -0.3 is 9.13 Å². The molecular weight excluding hydrogens is 220 g/mol. The van der Waals surface area contributed by atoms with E-state index in [2.05, 4.69) is 40.1 Å². The number of fused-ring (bicyclic) bond motifs is 3. The highest BCUT2D eigenvalue weighted by Gasteiger charge is 2.45. The zero-order valence-electron chi connectivity index (χ0n) is 14.3. The van der Waals surface area contributed by atoms with Gasteiger partial charge in [-0.25, -0.2) is 0 Å². The summed E-state index contributed by atoms with van der Waals surface area (Å²) in [6.45, 7) is 6.53. The van der Waals surface area contributed by atoms with Crippen LogP contribution in [0.5, 0.6) is 0 Å². The second-order valence-electron chi connectivity index (χ2n) is 6.09. The van der Waals surface area contributed by atoms with E-state index in [0.717, 1.165) is 11.4 Å². The van der Waals surface area contributed by atoms with Crippen molar-refractivity contribution in [3.63, 3.8) is 0 Å². The average Bonchev–Trinajstić information content (AvgIpc) is 2.83. The van der Waals surface area contributed by atoms with E-state index in [4.69, 9.17) is 4.11 Å². The van der Waals surface area contributed by atoms with Crippen molar-refractivity contribution < 1.29 is 8.68 Å². The molecule has 2 nitrogen and oxygen atoms in total. The number of hydrogen-bond acceptors (Lipinski definition) is 0. The summed E-state index contributed by atoms with van der Waals surface area (Å²) >= 11 is 0. The van der Waals surface area contributed by atoms with Crippen LogP contribution in [0.25, 0.3) is 5.69 Å². The molecule has 0 saturated heterocycles. The number of rotatable bonds is 0. The number of nitrogens with zero attached hydrogens (tertiary/aromatic N) is 2. The summed E-state index contributed by atoms with van der Waals surface area (Å²) in [4.78, 5) is 0. The van der Waals surface area contributed by atoms with E-state index in [0.29, 0.717) is 0 Å². The molecule has 2 heteroatoms. The predicted octanol–water partition coefficient (Wildman–Crippen LogP) is 2.67. The van der Waals surface area contributed by atoms with Crippen molar-refractivity contribution in [1.82, 2.24) is 4.57 Å². The largest absolute Gasteiger partial charge is 0.322 e. The molecule has 0 saturated carbocycles. The van der Waals surface area contributed by atoms with Crippen LogP contribution < -0.4 is 4.57 Å². The standard InChI is InChI=1S/C16H20N2/c1-15(2)12-8-6-7-9-13(12)18-11-17(5)10-14(18)16(15,3)4/h6-10H,1-5H3/i5D3. The Labute approximate surface area is 113 Å². The topological polar surface area (TPSA) is 8.81 Å². The Kier molecular flexibility index (Phi) is 1.54. The van der Waals surface area contributed by atoms with Crippen molar-refractivity contribution in [2.75, 3.05) is 0 Å². The van der Waals surface area contributed by atoms with Gasteiger partial charge in [0.05, 0.1) is 16.8 Å². The normalized spacial score (nSPS) is 22.3. The molecule has 0 aliphatic carbocycles. The van der Waals surface area contributed by atoms with Gasteiger partial charge in [0.1, 0.15) is 0 Å². The summed E-state index contributed by atoms with van der Waals surface area (Å²) in [5, 5.41) is 0. The van der Waals surface area contributed by atoms with Crippen LogP contribution in [0, 0.1) is 6.33 Å². The van der Waals surface area contributed by atoms with Crippen molar-refractivity contribution >= 4 is 0 Å². The van der Waals surface area contributed by atoms with E-state index in [9.17, 15) is 0 Å². The van der Waals surface area contributed by atoms with Crippen molar-refractivity contribution in [2.45, 2.75) is 38.5 Å². The number of aryl methyl sites for hydroxylation is 1. The molecule has 2 heterocycles. The van der Waals surface area contributed by atoms with Crippen LogP contribution in [-0.2, 0) is 17.8 Å². The van der Waals surface area contributed by atoms with Crippen LogP contribution in [0.15, 0.2) is 30.5 Å². The fourth-order valence-corrected chi connectivity index (χ4v) is 2.85. The zero-order chi connectivity index (χ0) is 15.6. The van der Waals surface area contributed by atoms with E-state index in [1.807, 2.05) is 22.8 Å². The summed E-state index contributed by atoms with van der Waals surface area (Å²) in [5.74, 6) is 0. The van der Waals surface area contributed by atoms with Gasteiger partial charge in [0.2, 0.25) is 6.33 Å². The molecule has 0 fully saturated rings. The Balaban J connectivity index is 2.36. The molecular formula is C16H20N2. The lowest BCUT2D eigenvalue weighted by Crippen LogP contribution is -2.45. The first-order valence-electron chi connectivity index (χ1n) is 7.74. The molecule has 94 valence electrons. The molecule has 0 atom stereocenters. The lowest BCUT2D eigenvalue weighted by atomic mass is 9.60. The van der Waals surface area contributed by atoms with E-state index in [1.54, 1.807) is 6.20 Å². The second kappa shape index (κ2) is 3.25. The van der Waals surface area contributed by atoms with Gasteiger partial charge >= 0.3 is 0 Å². The van der Waals surface area contributed by atoms with Crippen molar-refractivity contribution in [2.24, 2.45) is 6.98 Å². The van der Waals surface area contributed by atoms with Crippen molar-refractivity contribution in [3.8, 4) is 5.69 Å². The van der Waals surface area contributed by atoms with Gasteiger partial charge in [0.25, 0.3) is 0 Å². The number of hydrogen-bond donors (Lipinski definition) is 0. The van der Waals surface area contributed by atoms with E-state index < -0.39 is 6.98 Å². The zero-order valence-corrected chi connectivity index (χ0v) is 11.3. The van der Waals surface area contributed by atoms with Crippen LogP contribution in [-0.4, -0.2) is 4.57 Å². The summed E-state index contributed by atoms with van der Waals surface area (Å²) in [5.41, 5.74) is 2.90. The van der Waals surface area contributed by atoms with Crippen LogP contribution in [0.4, 0.5) is 0 Å². The first-order valence-corrected chi connectivity index (χ1v) is 6.24.